The predicted molar refractivity (Wildman–Crippen MR) is 119 cm³/mol. The van der Waals surface area contributed by atoms with Crippen molar-refractivity contribution in [3.05, 3.63) is 111 Å². The molecule has 1 aliphatic heterocycles. The molecule has 1 amide bonds. The fourth-order valence-electron chi connectivity index (χ4n) is 4.02. The van der Waals surface area contributed by atoms with Crippen LogP contribution < -0.4 is 0 Å². The van der Waals surface area contributed by atoms with Gasteiger partial charge in [0.25, 0.3) is 5.91 Å². The first-order valence-corrected chi connectivity index (χ1v) is 10.4. The van der Waals surface area contributed by atoms with Gasteiger partial charge in [0.15, 0.2) is 0 Å². The van der Waals surface area contributed by atoms with E-state index in [1.165, 1.54) is 12.1 Å². The first-order chi connectivity index (χ1) is 15.0. The molecule has 1 aliphatic rings. The summed E-state index contributed by atoms with van der Waals surface area (Å²) in [5.74, 6) is -0.579. The molecular weight excluding hydrogens is 436 g/mol. The third kappa shape index (κ3) is 3.50. The van der Waals surface area contributed by atoms with Crippen LogP contribution in [0.25, 0.3) is 11.3 Å². The second-order valence-corrected chi connectivity index (χ2v) is 8.19. The first kappa shape index (κ1) is 19.8. The molecule has 4 nitrogen and oxygen atoms in total. The zero-order chi connectivity index (χ0) is 21.5. The summed E-state index contributed by atoms with van der Waals surface area (Å²) in [5, 5.41) is 8.48. The lowest BCUT2D eigenvalue weighted by Gasteiger charge is -2.27. The summed E-state index contributed by atoms with van der Waals surface area (Å²) in [7, 11) is 0. The highest BCUT2D eigenvalue weighted by Crippen LogP contribution is 2.44. The number of halogens is 3. The van der Waals surface area contributed by atoms with E-state index in [1.54, 1.807) is 29.2 Å². The quantitative estimate of drug-likeness (QED) is 0.397. The van der Waals surface area contributed by atoms with E-state index in [2.05, 4.69) is 10.2 Å². The number of nitrogens with zero attached hydrogens (tertiary/aromatic N) is 2. The lowest BCUT2D eigenvalue weighted by Crippen LogP contribution is -2.29. The summed E-state index contributed by atoms with van der Waals surface area (Å²) in [5.41, 5.74) is 4.03. The molecule has 1 unspecified atom stereocenters. The molecule has 3 aromatic carbocycles. The van der Waals surface area contributed by atoms with Crippen LogP contribution in [0.5, 0.6) is 0 Å². The fraction of sp³-hybridized carbons (Fsp3) is 0.0833. The SMILES string of the molecule is O=C1c2[nH]nc(-c3ccc(Cl)cc3)c2C(c2cccc(F)c2)N1Cc1ccccc1Cl. The van der Waals surface area contributed by atoms with Crippen molar-refractivity contribution in [1.82, 2.24) is 15.1 Å². The Bertz CT molecular complexity index is 1290. The van der Waals surface area contributed by atoms with Crippen LogP contribution in [0.1, 0.15) is 33.2 Å². The summed E-state index contributed by atoms with van der Waals surface area (Å²) in [6.45, 7) is 0.280. The van der Waals surface area contributed by atoms with E-state index in [-0.39, 0.29) is 18.3 Å². The highest BCUT2D eigenvalue weighted by Gasteiger charge is 2.42. The third-order valence-corrected chi connectivity index (χ3v) is 6.07. The monoisotopic (exact) mass is 451 g/mol. The van der Waals surface area contributed by atoms with E-state index >= 15 is 0 Å². The smallest absolute Gasteiger partial charge is 0.273 e. The standard InChI is InChI=1S/C24H16Cl2FN3O/c25-17-10-8-14(9-11-17)21-20-22(29-28-21)24(31)30(13-16-4-1-2-7-19(16)26)23(20)15-5-3-6-18(27)12-15/h1-12,23H,13H2,(H,28,29). The third-order valence-electron chi connectivity index (χ3n) is 5.44. The van der Waals surface area contributed by atoms with Gasteiger partial charge in [-0.2, -0.15) is 5.10 Å². The molecule has 1 atom stereocenters. The number of carbonyl (C=O) groups is 1. The molecule has 2 heterocycles. The summed E-state index contributed by atoms with van der Waals surface area (Å²) in [6, 6.07) is 20.4. The summed E-state index contributed by atoms with van der Waals surface area (Å²) < 4.78 is 14.1. The van der Waals surface area contributed by atoms with Crippen LogP contribution in [0.15, 0.2) is 72.8 Å². The normalized spacial score (nSPS) is 15.4. The molecule has 0 fully saturated rings. The number of fused-ring (bicyclic) bond motifs is 1. The van der Waals surface area contributed by atoms with Gasteiger partial charge < -0.3 is 4.90 Å². The Morgan fingerprint density at radius 3 is 2.52 bits per heavy atom. The molecule has 0 aliphatic carbocycles. The van der Waals surface area contributed by atoms with Gasteiger partial charge >= 0.3 is 0 Å². The first-order valence-electron chi connectivity index (χ1n) is 9.67. The predicted octanol–water partition coefficient (Wildman–Crippen LogP) is 6.27. The van der Waals surface area contributed by atoms with Crippen molar-refractivity contribution >= 4 is 29.1 Å². The lowest BCUT2D eigenvalue weighted by molar-refractivity contribution is 0.0730. The number of hydrogen-bond donors (Lipinski definition) is 1. The number of rotatable bonds is 4. The van der Waals surface area contributed by atoms with E-state index < -0.39 is 6.04 Å². The second-order valence-electron chi connectivity index (χ2n) is 7.35. The molecule has 31 heavy (non-hydrogen) atoms. The zero-order valence-corrected chi connectivity index (χ0v) is 17.7. The fourth-order valence-corrected chi connectivity index (χ4v) is 4.34. The number of nitrogens with one attached hydrogen (secondary N) is 1. The number of aromatic amines is 1. The summed E-state index contributed by atoms with van der Waals surface area (Å²) in [6.07, 6.45) is 0. The van der Waals surface area contributed by atoms with Crippen molar-refractivity contribution in [2.45, 2.75) is 12.6 Å². The number of carbonyl (C=O) groups excluding carboxylic acids is 1. The minimum absolute atomic E-state index is 0.211. The molecule has 0 saturated heterocycles. The highest BCUT2D eigenvalue weighted by atomic mass is 35.5. The maximum atomic E-state index is 14.1. The Kier molecular flexibility index (Phi) is 5.00. The average molecular weight is 452 g/mol. The van der Waals surface area contributed by atoms with Gasteiger partial charge in [-0.3, -0.25) is 9.89 Å². The van der Waals surface area contributed by atoms with Crippen molar-refractivity contribution in [1.29, 1.82) is 0 Å². The number of aromatic nitrogens is 2. The van der Waals surface area contributed by atoms with Crippen LogP contribution in [-0.2, 0) is 6.54 Å². The van der Waals surface area contributed by atoms with Gasteiger partial charge in [0.1, 0.15) is 11.5 Å². The van der Waals surface area contributed by atoms with E-state index in [1.807, 2.05) is 36.4 Å². The zero-order valence-electron chi connectivity index (χ0n) is 16.1. The molecule has 0 bridgehead atoms. The number of benzene rings is 3. The van der Waals surface area contributed by atoms with E-state index in [4.69, 9.17) is 23.2 Å². The van der Waals surface area contributed by atoms with Gasteiger partial charge in [-0.15, -0.1) is 0 Å². The molecule has 0 radical (unpaired) electrons. The molecule has 1 N–H and O–H groups in total. The Balaban J connectivity index is 1.66. The van der Waals surface area contributed by atoms with Gasteiger partial charge in [-0.05, 0) is 41.5 Å². The van der Waals surface area contributed by atoms with E-state index in [0.29, 0.717) is 32.6 Å². The largest absolute Gasteiger partial charge is 0.322 e. The van der Waals surface area contributed by atoms with Crippen molar-refractivity contribution in [3.8, 4) is 11.3 Å². The number of hydrogen-bond acceptors (Lipinski definition) is 2. The molecule has 4 aromatic rings. The van der Waals surface area contributed by atoms with Crippen molar-refractivity contribution in [2.24, 2.45) is 0 Å². The average Bonchev–Trinajstić information content (AvgIpc) is 3.30. The molecule has 0 spiro atoms. The maximum Gasteiger partial charge on any atom is 0.273 e. The molecule has 5 rings (SSSR count). The minimum atomic E-state index is -0.515. The van der Waals surface area contributed by atoms with E-state index in [9.17, 15) is 9.18 Å². The number of amides is 1. The molecule has 154 valence electrons. The van der Waals surface area contributed by atoms with Crippen LogP contribution in [0, 0.1) is 5.82 Å². The Morgan fingerprint density at radius 1 is 1.00 bits per heavy atom. The number of H-pyrrole nitrogens is 1. The van der Waals surface area contributed by atoms with Crippen molar-refractivity contribution < 1.29 is 9.18 Å². The Labute approximate surface area is 188 Å². The topological polar surface area (TPSA) is 49.0 Å². The minimum Gasteiger partial charge on any atom is -0.322 e. The van der Waals surface area contributed by atoms with E-state index in [0.717, 1.165) is 11.1 Å². The van der Waals surface area contributed by atoms with Crippen LogP contribution in [-0.4, -0.2) is 21.0 Å². The lowest BCUT2D eigenvalue weighted by atomic mass is 9.96. The van der Waals surface area contributed by atoms with Gasteiger partial charge in [0.2, 0.25) is 0 Å². The van der Waals surface area contributed by atoms with Gasteiger partial charge in [-0.25, -0.2) is 4.39 Å². The van der Waals surface area contributed by atoms with Crippen molar-refractivity contribution in [3.63, 3.8) is 0 Å². The molecule has 7 heteroatoms. The van der Waals surface area contributed by atoms with Gasteiger partial charge in [-0.1, -0.05) is 65.7 Å². The Morgan fingerprint density at radius 2 is 1.77 bits per heavy atom. The van der Waals surface area contributed by atoms with Gasteiger partial charge in [0.05, 0.1) is 11.7 Å². The summed E-state index contributed by atoms with van der Waals surface area (Å²) >= 11 is 12.4. The molecule has 0 saturated carbocycles. The van der Waals surface area contributed by atoms with Crippen LogP contribution in [0.3, 0.4) is 0 Å². The Hall–Kier alpha value is -3.15. The van der Waals surface area contributed by atoms with Crippen LogP contribution in [0.4, 0.5) is 4.39 Å². The summed E-state index contributed by atoms with van der Waals surface area (Å²) in [4.78, 5) is 15.1. The van der Waals surface area contributed by atoms with Crippen molar-refractivity contribution in [2.75, 3.05) is 0 Å². The van der Waals surface area contributed by atoms with Crippen LogP contribution in [0.2, 0.25) is 10.0 Å². The highest BCUT2D eigenvalue weighted by molar-refractivity contribution is 6.31. The second kappa shape index (κ2) is 7.84. The van der Waals surface area contributed by atoms with Crippen LogP contribution >= 0.6 is 23.2 Å². The molecular formula is C24H16Cl2FN3O. The molecule has 1 aromatic heterocycles. The van der Waals surface area contributed by atoms with Gasteiger partial charge in [0, 0.05) is 27.7 Å². The maximum absolute atomic E-state index is 14.1.